The van der Waals surface area contributed by atoms with Crippen molar-refractivity contribution in [2.24, 2.45) is 0 Å². The van der Waals surface area contributed by atoms with Crippen molar-refractivity contribution < 1.29 is 13.9 Å². The molecule has 1 fully saturated rings. The summed E-state index contributed by atoms with van der Waals surface area (Å²) in [4.78, 5) is 14.9. The predicted molar refractivity (Wildman–Crippen MR) is 104 cm³/mol. The second-order valence-corrected chi connectivity index (χ2v) is 7.62. The molecule has 6 heteroatoms. The summed E-state index contributed by atoms with van der Waals surface area (Å²) in [6.45, 7) is 9.83. The van der Waals surface area contributed by atoms with Gasteiger partial charge in [-0.3, -0.25) is 9.69 Å². The first-order valence-electron chi connectivity index (χ1n) is 8.89. The summed E-state index contributed by atoms with van der Waals surface area (Å²) in [5.74, 6) is 1.22. The van der Waals surface area contributed by atoms with Crippen LogP contribution in [0.3, 0.4) is 0 Å². The number of nitrogens with zero attached hydrogens (tertiary/aromatic N) is 1. The summed E-state index contributed by atoms with van der Waals surface area (Å²) in [6.07, 6.45) is 0.284. The van der Waals surface area contributed by atoms with E-state index in [1.165, 1.54) is 5.56 Å². The molecular formula is C20H25BrN2O3. The van der Waals surface area contributed by atoms with E-state index in [1.807, 2.05) is 19.1 Å². The number of benzene rings is 1. The number of aryl methyl sites for hydroxylation is 2. The van der Waals surface area contributed by atoms with Gasteiger partial charge in [-0.1, -0.05) is 24.3 Å². The maximum Gasteiger partial charge on any atom is 0.256 e. The highest BCUT2D eigenvalue weighted by atomic mass is 79.9. The van der Waals surface area contributed by atoms with E-state index in [0.717, 1.165) is 42.0 Å². The molecule has 5 nitrogen and oxygen atoms in total. The van der Waals surface area contributed by atoms with Crippen LogP contribution in [-0.2, 0) is 17.8 Å². The van der Waals surface area contributed by atoms with Gasteiger partial charge in [0.2, 0.25) is 0 Å². The molecule has 1 amide bonds. The van der Waals surface area contributed by atoms with Gasteiger partial charge in [0.05, 0.1) is 22.7 Å². The third kappa shape index (κ3) is 4.55. The molecule has 1 aromatic carbocycles. The number of morpholine rings is 1. The highest BCUT2D eigenvalue weighted by Crippen LogP contribution is 2.27. The Morgan fingerprint density at radius 2 is 2.08 bits per heavy atom. The molecule has 0 saturated carbocycles. The topological polar surface area (TPSA) is 54.7 Å². The third-order valence-corrected chi connectivity index (χ3v) is 5.54. The number of ether oxygens (including phenoxy) is 1. The van der Waals surface area contributed by atoms with Gasteiger partial charge in [0.1, 0.15) is 11.5 Å². The Morgan fingerprint density at radius 3 is 2.77 bits per heavy atom. The highest BCUT2D eigenvalue weighted by molar-refractivity contribution is 9.10. The molecule has 1 aliphatic rings. The average molecular weight is 421 g/mol. The molecule has 1 saturated heterocycles. The zero-order valence-corrected chi connectivity index (χ0v) is 17.1. The van der Waals surface area contributed by atoms with Gasteiger partial charge >= 0.3 is 0 Å². The fourth-order valence-electron chi connectivity index (χ4n) is 3.32. The van der Waals surface area contributed by atoms with E-state index in [9.17, 15) is 4.79 Å². The van der Waals surface area contributed by atoms with Crippen LogP contribution in [0, 0.1) is 13.8 Å². The quantitative estimate of drug-likeness (QED) is 0.798. The van der Waals surface area contributed by atoms with Gasteiger partial charge in [-0.2, -0.15) is 0 Å². The van der Waals surface area contributed by atoms with Crippen LogP contribution in [0.2, 0.25) is 0 Å². The molecule has 26 heavy (non-hydrogen) atoms. The lowest BCUT2D eigenvalue weighted by atomic mass is 10.1. The SMILES string of the molecule is Cc1oc(C)c(C(=O)NCc2cccc(CN3CCOC(C)C3)c2)c1Br. The lowest BCUT2D eigenvalue weighted by molar-refractivity contribution is -0.0212. The predicted octanol–water partition coefficient (Wildman–Crippen LogP) is 3.81. The number of hydrogen-bond donors (Lipinski definition) is 1. The first-order chi connectivity index (χ1) is 12.4. The van der Waals surface area contributed by atoms with Crippen LogP contribution in [0.15, 0.2) is 33.2 Å². The molecule has 1 aromatic heterocycles. The molecule has 3 rings (SSSR count). The van der Waals surface area contributed by atoms with E-state index in [2.05, 4.69) is 45.2 Å². The van der Waals surface area contributed by atoms with Crippen molar-refractivity contribution in [2.45, 2.75) is 40.0 Å². The van der Waals surface area contributed by atoms with Crippen LogP contribution < -0.4 is 5.32 Å². The Balaban J connectivity index is 1.61. The maximum atomic E-state index is 12.5. The van der Waals surface area contributed by atoms with Crippen LogP contribution in [0.1, 0.15) is 39.9 Å². The summed E-state index contributed by atoms with van der Waals surface area (Å²) in [6, 6.07) is 8.37. The third-order valence-electron chi connectivity index (χ3n) is 4.59. The molecule has 2 aromatic rings. The van der Waals surface area contributed by atoms with E-state index >= 15 is 0 Å². The summed E-state index contributed by atoms with van der Waals surface area (Å²) in [7, 11) is 0. The van der Waals surface area contributed by atoms with Crippen LogP contribution >= 0.6 is 15.9 Å². The Bertz CT molecular complexity index is 787. The number of rotatable bonds is 5. The van der Waals surface area contributed by atoms with E-state index in [1.54, 1.807) is 6.92 Å². The van der Waals surface area contributed by atoms with Gasteiger partial charge in [-0.25, -0.2) is 0 Å². The largest absolute Gasteiger partial charge is 0.465 e. The molecule has 1 atom stereocenters. The molecular weight excluding hydrogens is 396 g/mol. The van der Waals surface area contributed by atoms with E-state index in [4.69, 9.17) is 9.15 Å². The van der Waals surface area contributed by atoms with Crippen molar-refractivity contribution >= 4 is 21.8 Å². The molecule has 2 heterocycles. The van der Waals surface area contributed by atoms with E-state index in [0.29, 0.717) is 17.9 Å². The molecule has 1 aliphatic heterocycles. The number of furan rings is 1. The standard InChI is InChI=1S/C20H25BrN2O3/c1-13-11-23(7-8-25-13)12-17-6-4-5-16(9-17)10-22-20(24)18-14(2)26-15(3)19(18)21/h4-6,9,13H,7-8,10-12H2,1-3H3,(H,22,24). The Labute approximate surface area is 162 Å². The van der Waals surface area contributed by atoms with Crippen molar-refractivity contribution in [3.8, 4) is 0 Å². The number of carbonyl (C=O) groups excluding carboxylic acids is 1. The minimum absolute atomic E-state index is 0.126. The van der Waals surface area contributed by atoms with Gasteiger partial charge in [-0.15, -0.1) is 0 Å². The second kappa shape index (κ2) is 8.37. The molecule has 140 valence electrons. The number of nitrogens with one attached hydrogen (secondary N) is 1. The van der Waals surface area contributed by atoms with Gasteiger partial charge in [-0.05, 0) is 47.8 Å². The molecule has 0 bridgehead atoms. The summed E-state index contributed by atoms with van der Waals surface area (Å²) in [5.41, 5.74) is 2.91. The number of halogens is 1. The van der Waals surface area contributed by atoms with Gasteiger partial charge in [0.25, 0.3) is 5.91 Å². The van der Waals surface area contributed by atoms with Gasteiger partial charge < -0.3 is 14.5 Å². The van der Waals surface area contributed by atoms with Crippen molar-refractivity contribution in [3.05, 3.63) is 56.9 Å². The Kier molecular flexibility index (Phi) is 6.16. The smallest absolute Gasteiger partial charge is 0.256 e. The monoisotopic (exact) mass is 420 g/mol. The number of carbonyl (C=O) groups is 1. The zero-order chi connectivity index (χ0) is 18.7. The normalized spacial score (nSPS) is 18.1. The Morgan fingerprint density at radius 1 is 1.31 bits per heavy atom. The average Bonchev–Trinajstić information content (AvgIpc) is 2.85. The van der Waals surface area contributed by atoms with E-state index < -0.39 is 0 Å². The minimum Gasteiger partial charge on any atom is -0.465 e. The maximum absolute atomic E-state index is 12.5. The van der Waals surface area contributed by atoms with Crippen LogP contribution in [0.25, 0.3) is 0 Å². The minimum atomic E-state index is -0.126. The van der Waals surface area contributed by atoms with Crippen molar-refractivity contribution in [3.63, 3.8) is 0 Å². The molecule has 0 radical (unpaired) electrons. The Hall–Kier alpha value is -1.63. The number of amides is 1. The molecule has 0 aliphatic carbocycles. The summed E-state index contributed by atoms with van der Waals surface area (Å²) >= 11 is 3.43. The fourth-order valence-corrected chi connectivity index (χ4v) is 3.86. The molecule has 0 spiro atoms. The van der Waals surface area contributed by atoms with Crippen LogP contribution in [0.4, 0.5) is 0 Å². The fraction of sp³-hybridized carbons (Fsp3) is 0.450. The van der Waals surface area contributed by atoms with Crippen molar-refractivity contribution in [2.75, 3.05) is 19.7 Å². The van der Waals surface area contributed by atoms with Gasteiger partial charge in [0.15, 0.2) is 0 Å². The zero-order valence-electron chi connectivity index (χ0n) is 15.5. The highest BCUT2D eigenvalue weighted by Gasteiger charge is 2.20. The molecule has 1 N–H and O–H groups in total. The first-order valence-corrected chi connectivity index (χ1v) is 9.69. The van der Waals surface area contributed by atoms with Crippen molar-refractivity contribution in [1.29, 1.82) is 0 Å². The first kappa shape index (κ1) is 19.1. The summed E-state index contributed by atoms with van der Waals surface area (Å²) in [5, 5.41) is 2.99. The van der Waals surface area contributed by atoms with E-state index in [-0.39, 0.29) is 12.0 Å². The second-order valence-electron chi connectivity index (χ2n) is 6.82. The van der Waals surface area contributed by atoms with Crippen LogP contribution in [-0.4, -0.2) is 36.6 Å². The van der Waals surface area contributed by atoms with Crippen LogP contribution in [0.5, 0.6) is 0 Å². The van der Waals surface area contributed by atoms with Gasteiger partial charge in [0, 0.05) is 26.2 Å². The number of hydrogen-bond acceptors (Lipinski definition) is 4. The molecule has 1 unspecified atom stereocenters. The lowest BCUT2D eigenvalue weighted by Crippen LogP contribution is -2.40. The van der Waals surface area contributed by atoms with Crippen molar-refractivity contribution in [1.82, 2.24) is 10.2 Å². The lowest BCUT2D eigenvalue weighted by Gasteiger charge is -2.31. The summed E-state index contributed by atoms with van der Waals surface area (Å²) < 4.78 is 11.8.